The standard InChI is InChI=1S/C47H42N2O5/c50-32-35-19-21-37(22-20-35)44-27-40(31-48(28-33-11-3-1-4-12-33)29-34-13-5-2-6-14-34)53-47(54-44)38-25-23-36(24-26-38)41-16-8-7-15-39(41)30-49-45(51)42-17-9-10-18-43(42)46(49)52/h1-26,40,44,47,50H,27-32H2. The summed E-state index contributed by atoms with van der Waals surface area (Å²) in [6.45, 7) is 2.44. The van der Waals surface area contributed by atoms with E-state index in [4.69, 9.17) is 9.47 Å². The minimum atomic E-state index is -0.607. The first kappa shape index (κ1) is 35.3. The number of amides is 2. The molecule has 2 amide bonds. The fourth-order valence-corrected chi connectivity index (χ4v) is 7.50. The van der Waals surface area contributed by atoms with Crippen molar-refractivity contribution in [3.63, 3.8) is 0 Å². The lowest BCUT2D eigenvalue weighted by molar-refractivity contribution is -0.253. The zero-order chi connectivity index (χ0) is 36.9. The first-order chi connectivity index (χ1) is 26.5. The van der Waals surface area contributed by atoms with Gasteiger partial charge >= 0.3 is 0 Å². The highest BCUT2D eigenvalue weighted by molar-refractivity contribution is 6.21. The fraction of sp³-hybridized carbons (Fsp3) is 0.191. The van der Waals surface area contributed by atoms with E-state index in [9.17, 15) is 14.7 Å². The summed E-state index contributed by atoms with van der Waals surface area (Å²) in [5.41, 5.74) is 8.97. The second kappa shape index (κ2) is 16.1. The molecule has 0 saturated carbocycles. The summed E-state index contributed by atoms with van der Waals surface area (Å²) in [5.74, 6) is -0.540. The van der Waals surface area contributed by atoms with Gasteiger partial charge in [0.15, 0.2) is 6.29 Å². The van der Waals surface area contributed by atoms with Gasteiger partial charge < -0.3 is 14.6 Å². The molecule has 0 spiro atoms. The first-order valence-corrected chi connectivity index (χ1v) is 18.5. The van der Waals surface area contributed by atoms with E-state index in [-0.39, 0.29) is 37.2 Å². The number of nitrogens with zero attached hydrogens (tertiary/aromatic N) is 2. The minimum absolute atomic E-state index is 0.0120. The van der Waals surface area contributed by atoms with Crippen molar-refractivity contribution >= 4 is 11.8 Å². The molecule has 2 aliphatic heterocycles. The van der Waals surface area contributed by atoms with Crippen molar-refractivity contribution in [3.8, 4) is 11.1 Å². The maximum Gasteiger partial charge on any atom is 0.261 e. The molecule has 2 heterocycles. The highest BCUT2D eigenvalue weighted by Gasteiger charge is 2.36. The number of hydrogen-bond donors (Lipinski definition) is 1. The van der Waals surface area contributed by atoms with Gasteiger partial charge in [-0.25, -0.2) is 0 Å². The first-order valence-electron chi connectivity index (χ1n) is 18.5. The van der Waals surface area contributed by atoms with Gasteiger partial charge in [-0.15, -0.1) is 0 Å². The summed E-state index contributed by atoms with van der Waals surface area (Å²) in [5, 5.41) is 9.68. The Balaban J connectivity index is 1.05. The van der Waals surface area contributed by atoms with E-state index in [2.05, 4.69) is 65.6 Å². The molecule has 3 atom stereocenters. The predicted molar refractivity (Wildman–Crippen MR) is 208 cm³/mol. The summed E-state index contributed by atoms with van der Waals surface area (Å²) in [7, 11) is 0. The SMILES string of the molecule is O=C1c2ccccc2C(=O)N1Cc1ccccc1-c1ccc(C2OC(CN(Cc3ccccc3)Cc3ccccc3)CC(c3ccc(CO)cc3)O2)cc1. The topological polar surface area (TPSA) is 79.3 Å². The number of ether oxygens (including phenoxy) is 2. The number of fused-ring (bicyclic) bond motifs is 1. The molecular formula is C47H42N2O5. The lowest BCUT2D eigenvalue weighted by atomic mass is 9.97. The molecule has 54 heavy (non-hydrogen) atoms. The summed E-state index contributed by atoms with van der Waals surface area (Å²) >= 11 is 0. The molecule has 0 radical (unpaired) electrons. The number of imide groups is 1. The van der Waals surface area contributed by atoms with Crippen LogP contribution in [0.4, 0.5) is 0 Å². The van der Waals surface area contributed by atoms with Gasteiger partial charge in [0.1, 0.15) is 0 Å². The Kier molecular flexibility index (Phi) is 10.6. The van der Waals surface area contributed by atoms with Gasteiger partial charge in [-0.3, -0.25) is 19.4 Å². The third kappa shape index (κ3) is 7.81. The molecule has 7 nitrogen and oxygen atoms in total. The zero-order valence-electron chi connectivity index (χ0n) is 30.0. The molecule has 3 unspecified atom stereocenters. The van der Waals surface area contributed by atoms with Gasteiger partial charge in [-0.05, 0) is 51.1 Å². The Bertz CT molecular complexity index is 2130. The van der Waals surface area contributed by atoms with E-state index in [1.54, 1.807) is 24.3 Å². The van der Waals surface area contributed by atoms with Crippen LogP contribution in [0.15, 0.2) is 158 Å². The number of benzene rings is 6. The van der Waals surface area contributed by atoms with Crippen molar-refractivity contribution in [1.29, 1.82) is 0 Å². The summed E-state index contributed by atoms with van der Waals surface area (Å²) in [6, 6.07) is 52.1. The number of hydrogen-bond acceptors (Lipinski definition) is 6. The second-order valence-corrected chi connectivity index (χ2v) is 14.0. The molecule has 2 aliphatic rings. The van der Waals surface area contributed by atoms with Gasteiger partial charge in [0.05, 0.1) is 36.5 Å². The van der Waals surface area contributed by atoms with E-state index in [0.29, 0.717) is 24.1 Å². The van der Waals surface area contributed by atoms with Crippen LogP contribution in [0, 0.1) is 0 Å². The van der Waals surface area contributed by atoms with E-state index in [1.165, 1.54) is 16.0 Å². The van der Waals surface area contributed by atoms with Crippen LogP contribution in [0.25, 0.3) is 11.1 Å². The van der Waals surface area contributed by atoms with E-state index >= 15 is 0 Å². The highest BCUT2D eigenvalue weighted by Crippen LogP contribution is 2.39. The van der Waals surface area contributed by atoms with E-state index < -0.39 is 6.29 Å². The number of carbonyl (C=O) groups is 2. The molecule has 270 valence electrons. The quantitative estimate of drug-likeness (QED) is 0.128. The predicted octanol–water partition coefficient (Wildman–Crippen LogP) is 8.89. The average Bonchev–Trinajstić information content (AvgIpc) is 3.46. The van der Waals surface area contributed by atoms with Crippen LogP contribution in [0.3, 0.4) is 0 Å². The van der Waals surface area contributed by atoms with Crippen molar-refractivity contribution in [1.82, 2.24) is 9.80 Å². The van der Waals surface area contributed by atoms with Crippen LogP contribution in [-0.4, -0.2) is 39.4 Å². The molecule has 1 fully saturated rings. The summed E-state index contributed by atoms with van der Waals surface area (Å²) < 4.78 is 13.5. The molecule has 0 aromatic heterocycles. The number of rotatable bonds is 12. The summed E-state index contributed by atoms with van der Waals surface area (Å²) in [6.07, 6.45) is -0.266. The van der Waals surface area contributed by atoms with Gasteiger partial charge in [-0.2, -0.15) is 0 Å². The Morgan fingerprint density at radius 1 is 0.574 bits per heavy atom. The fourth-order valence-electron chi connectivity index (χ4n) is 7.50. The normalized spacial score (nSPS) is 18.3. The van der Waals surface area contributed by atoms with Gasteiger partial charge in [0.2, 0.25) is 0 Å². The monoisotopic (exact) mass is 714 g/mol. The van der Waals surface area contributed by atoms with Gasteiger partial charge in [0.25, 0.3) is 11.8 Å². The lowest BCUT2D eigenvalue weighted by Crippen LogP contribution is -2.39. The van der Waals surface area contributed by atoms with Crippen molar-refractivity contribution in [2.24, 2.45) is 0 Å². The van der Waals surface area contributed by atoms with Crippen LogP contribution < -0.4 is 0 Å². The third-order valence-corrected chi connectivity index (χ3v) is 10.3. The summed E-state index contributed by atoms with van der Waals surface area (Å²) in [4.78, 5) is 30.1. The van der Waals surface area contributed by atoms with Gasteiger partial charge in [0, 0.05) is 31.6 Å². The van der Waals surface area contributed by atoms with Crippen molar-refractivity contribution in [2.45, 2.75) is 51.2 Å². The molecule has 6 aromatic carbocycles. The van der Waals surface area contributed by atoms with Crippen molar-refractivity contribution in [2.75, 3.05) is 6.54 Å². The van der Waals surface area contributed by atoms with Crippen LogP contribution in [-0.2, 0) is 35.7 Å². The van der Waals surface area contributed by atoms with Crippen LogP contribution in [0.1, 0.15) is 72.9 Å². The minimum Gasteiger partial charge on any atom is -0.392 e. The number of carbonyl (C=O) groups excluding carboxylic acids is 2. The van der Waals surface area contributed by atoms with E-state index in [0.717, 1.165) is 46.5 Å². The van der Waals surface area contributed by atoms with Crippen LogP contribution in [0.2, 0.25) is 0 Å². The number of aliphatic hydroxyl groups excluding tert-OH is 1. The molecule has 1 saturated heterocycles. The molecular weight excluding hydrogens is 673 g/mol. The average molecular weight is 715 g/mol. The van der Waals surface area contributed by atoms with Gasteiger partial charge in [-0.1, -0.05) is 146 Å². The largest absolute Gasteiger partial charge is 0.392 e. The maximum absolute atomic E-state index is 13.2. The second-order valence-electron chi connectivity index (χ2n) is 14.0. The Morgan fingerprint density at radius 2 is 1.11 bits per heavy atom. The molecule has 0 bridgehead atoms. The smallest absolute Gasteiger partial charge is 0.261 e. The number of aliphatic hydroxyl groups is 1. The molecule has 7 heteroatoms. The lowest BCUT2D eigenvalue weighted by Gasteiger charge is -2.38. The Labute approximate surface area is 316 Å². The molecule has 0 aliphatic carbocycles. The van der Waals surface area contributed by atoms with Crippen molar-refractivity contribution in [3.05, 3.63) is 202 Å². The maximum atomic E-state index is 13.2. The molecule has 6 aromatic rings. The van der Waals surface area contributed by atoms with Crippen LogP contribution >= 0.6 is 0 Å². The van der Waals surface area contributed by atoms with Crippen LogP contribution in [0.5, 0.6) is 0 Å². The molecule has 1 N–H and O–H groups in total. The third-order valence-electron chi connectivity index (χ3n) is 10.3. The Hall–Kier alpha value is -5.70. The zero-order valence-corrected chi connectivity index (χ0v) is 30.0. The highest BCUT2D eigenvalue weighted by atomic mass is 16.7. The van der Waals surface area contributed by atoms with E-state index in [1.807, 2.05) is 72.8 Å². The Morgan fingerprint density at radius 3 is 1.70 bits per heavy atom. The van der Waals surface area contributed by atoms with Crippen molar-refractivity contribution < 1.29 is 24.2 Å². The molecule has 8 rings (SSSR count).